The van der Waals surface area contributed by atoms with Crippen LogP contribution in [0.25, 0.3) is 0 Å². The van der Waals surface area contributed by atoms with Gasteiger partial charge in [0.1, 0.15) is 18.1 Å². The number of nitrogens with two attached hydrogens (primary N) is 1. The largest absolute Gasteiger partial charge is 0.497 e. The smallest absolute Gasteiger partial charge is 0.130 e. The standard InChI is InChI=1S/C16H23N3O2/c1-5-19-13(8-11(2)18-19)10-21-16-9-14(20-4)6-7-15(16)12(3)17/h6-9,12H,5,10,17H2,1-4H3/t12-/m0/s1. The Kier molecular flexibility index (Phi) is 4.85. The number of nitrogens with zero attached hydrogens (tertiary/aromatic N) is 2. The maximum absolute atomic E-state index is 6.00. The van der Waals surface area contributed by atoms with E-state index >= 15 is 0 Å². The highest BCUT2D eigenvalue weighted by molar-refractivity contribution is 5.42. The van der Waals surface area contributed by atoms with Gasteiger partial charge in [0.05, 0.1) is 18.5 Å². The zero-order valence-electron chi connectivity index (χ0n) is 13.1. The molecule has 0 saturated carbocycles. The van der Waals surface area contributed by atoms with E-state index in [-0.39, 0.29) is 6.04 Å². The Balaban J connectivity index is 2.21. The van der Waals surface area contributed by atoms with Gasteiger partial charge in [-0.25, -0.2) is 0 Å². The Morgan fingerprint density at radius 3 is 2.71 bits per heavy atom. The first-order valence-electron chi connectivity index (χ1n) is 7.14. The van der Waals surface area contributed by atoms with E-state index < -0.39 is 0 Å². The molecule has 5 nitrogen and oxygen atoms in total. The van der Waals surface area contributed by atoms with E-state index in [1.54, 1.807) is 7.11 Å². The molecule has 114 valence electrons. The van der Waals surface area contributed by atoms with Gasteiger partial charge in [0, 0.05) is 24.2 Å². The molecule has 0 unspecified atom stereocenters. The summed E-state index contributed by atoms with van der Waals surface area (Å²) in [5, 5.41) is 4.42. The maximum Gasteiger partial charge on any atom is 0.130 e. The molecule has 0 aliphatic rings. The molecule has 21 heavy (non-hydrogen) atoms. The van der Waals surface area contributed by atoms with Crippen molar-refractivity contribution in [3.63, 3.8) is 0 Å². The third-order valence-corrected chi connectivity index (χ3v) is 3.37. The number of benzene rings is 1. The van der Waals surface area contributed by atoms with Crippen molar-refractivity contribution >= 4 is 0 Å². The molecule has 0 saturated heterocycles. The minimum absolute atomic E-state index is 0.0938. The summed E-state index contributed by atoms with van der Waals surface area (Å²) in [5.41, 5.74) is 9.01. The summed E-state index contributed by atoms with van der Waals surface area (Å²) in [6, 6.07) is 7.66. The Labute approximate surface area is 125 Å². The van der Waals surface area contributed by atoms with Gasteiger partial charge in [-0.15, -0.1) is 0 Å². The molecule has 2 aromatic rings. The predicted molar refractivity (Wildman–Crippen MR) is 82.6 cm³/mol. The predicted octanol–water partition coefficient (Wildman–Crippen LogP) is 2.82. The van der Waals surface area contributed by atoms with E-state index in [1.807, 2.05) is 42.8 Å². The molecule has 0 spiro atoms. The molecule has 0 bridgehead atoms. The summed E-state index contributed by atoms with van der Waals surface area (Å²) < 4.78 is 13.2. The first-order chi connectivity index (χ1) is 10.0. The second kappa shape index (κ2) is 6.63. The molecule has 1 aromatic carbocycles. The highest BCUT2D eigenvalue weighted by atomic mass is 16.5. The quantitative estimate of drug-likeness (QED) is 0.888. The summed E-state index contributed by atoms with van der Waals surface area (Å²) >= 11 is 0. The number of methoxy groups -OCH3 is 1. The highest BCUT2D eigenvalue weighted by Gasteiger charge is 2.11. The number of hydrogen-bond acceptors (Lipinski definition) is 4. The lowest BCUT2D eigenvalue weighted by molar-refractivity contribution is 0.286. The fraction of sp³-hybridized carbons (Fsp3) is 0.438. The average molecular weight is 289 g/mol. The second-order valence-corrected chi connectivity index (χ2v) is 5.07. The Morgan fingerprint density at radius 1 is 1.33 bits per heavy atom. The van der Waals surface area contributed by atoms with Crippen molar-refractivity contribution in [1.82, 2.24) is 9.78 Å². The van der Waals surface area contributed by atoms with Crippen molar-refractivity contribution in [3.05, 3.63) is 41.2 Å². The van der Waals surface area contributed by atoms with Gasteiger partial charge in [0.15, 0.2) is 0 Å². The van der Waals surface area contributed by atoms with Crippen LogP contribution >= 0.6 is 0 Å². The maximum atomic E-state index is 6.00. The summed E-state index contributed by atoms with van der Waals surface area (Å²) in [6.07, 6.45) is 0. The van der Waals surface area contributed by atoms with E-state index in [0.29, 0.717) is 6.61 Å². The van der Waals surface area contributed by atoms with E-state index in [1.165, 1.54) is 0 Å². The van der Waals surface area contributed by atoms with Crippen molar-refractivity contribution in [2.45, 2.75) is 40.0 Å². The van der Waals surface area contributed by atoms with Crippen molar-refractivity contribution in [1.29, 1.82) is 0 Å². The van der Waals surface area contributed by atoms with Gasteiger partial charge >= 0.3 is 0 Å². The van der Waals surface area contributed by atoms with Gasteiger partial charge in [0.25, 0.3) is 0 Å². The monoisotopic (exact) mass is 289 g/mol. The van der Waals surface area contributed by atoms with Crippen molar-refractivity contribution < 1.29 is 9.47 Å². The van der Waals surface area contributed by atoms with Gasteiger partial charge in [0.2, 0.25) is 0 Å². The molecular weight excluding hydrogens is 266 g/mol. The Morgan fingerprint density at radius 2 is 2.10 bits per heavy atom. The SMILES string of the molecule is CCn1nc(C)cc1COc1cc(OC)ccc1[C@H](C)N. The van der Waals surface area contributed by atoms with E-state index in [0.717, 1.165) is 35.0 Å². The van der Waals surface area contributed by atoms with Gasteiger partial charge in [-0.3, -0.25) is 4.68 Å². The second-order valence-electron chi connectivity index (χ2n) is 5.07. The molecule has 5 heteroatoms. The Hall–Kier alpha value is -2.01. The molecule has 1 atom stereocenters. The number of ether oxygens (including phenoxy) is 2. The summed E-state index contributed by atoms with van der Waals surface area (Å²) in [5.74, 6) is 1.51. The molecule has 0 fully saturated rings. The van der Waals surface area contributed by atoms with Gasteiger partial charge in [-0.2, -0.15) is 5.10 Å². The van der Waals surface area contributed by atoms with Crippen LogP contribution in [0.15, 0.2) is 24.3 Å². The third-order valence-electron chi connectivity index (χ3n) is 3.37. The van der Waals surface area contributed by atoms with Crippen molar-refractivity contribution in [2.24, 2.45) is 5.73 Å². The van der Waals surface area contributed by atoms with Gasteiger partial charge in [-0.05, 0) is 32.9 Å². The lowest BCUT2D eigenvalue weighted by atomic mass is 10.1. The van der Waals surface area contributed by atoms with Gasteiger partial charge < -0.3 is 15.2 Å². The molecule has 0 radical (unpaired) electrons. The molecule has 0 aliphatic heterocycles. The fourth-order valence-corrected chi connectivity index (χ4v) is 2.28. The van der Waals surface area contributed by atoms with Crippen LogP contribution in [-0.4, -0.2) is 16.9 Å². The average Bonchev–Trinajstić information content (AvgIpc) is 2.84. The number of rotatable bonds is 6. The van der Waals surface area contributed by atoms with Crippen LogP contribution in [0.1, 0.15) is 36.8 Å². The highest BCUT2D eigenvalue weighted by Crippen LogP contribution is 2.29. The summed E-state index contributed by atoms with van der Waals surface area (Å²) in [6.45, 7) is 7.27. The third kappa shape index (κ3) is 3.55. The minimum Gasteiger partial charge on any atom is -0.497 e. The lowest BCUT2D eigenvalue weighted by Crippen LogP contribution is -2.10. The van der Waals surface area contributed by atoms with Gasteiger partial charge in [-0.1, -0.05) is 6.07 Å². The van der Waals surface area contributed by atoms with Crippen LogP contribution in [0.2, 0.25) is 0 Å². The zero-order valence-corrected chi connectivity index (χ0v) is 13.1. The van der Waals surface area contributed by atoms with Crippen LogP contribution in [0.3, 0.4) is 0 Å². The molecule has 2 N–H and O–H groups in total. The topological polar surface area (TPSA) is 62.3 Å². The number of aromatic nitrogens is 2. The van der Waals surface area contributed by atoms with Crippen molar-refractivity contribution in [2.75, 3.05) is 7.11 Å². The minimum atomic E-state index is -0.0938. The number of hydrogen-bond donors (Lipinski definition) is 1. The van der Waals surface area contributed by atoms with Crippen LogP contribution in [-0.2, 0) is 13.2 Å². The molecule has 2 rings (SSSR count). The summed E-state index contributed by atoms with van der Waals surface area (Å²) in [4.78, 5) is 0. The van der Waals surface area contributed by atoms with E-state index in [9.17, 15) is 0 Å². The van der Waals surface area contributed by atoms with E-state index in [4.69, 9.17) is 15.2 Å². The fourth-order valence-electron chi connectivity index (χ4n) is 2.28. The molecule has 0 amide bonds. The lowest BCUT2D eigenvalue weighted by Gasteiger charge is -2.15. The normalized spacial score (nSPS) is 12.2. The zero-order chi connectivity index (χ0) is 15.4. The molecule has 1 aromatic heterocycles. The van der Waals surface area contributed by atoms with Crippen LogP contribution in [0.4, 0.5) is 0 Å². The molecule has 0 aliphatic carbocycles. The first-order valence-corrected chi connectivity index (χ1v) is 7.14. The van der Waals surface area contributed by atoms with Crippen LogP contribution in [0.5, 0.6) is 11.5 Å². The van der Waals surface area contributed by atoms with E-state index in [2.05, 4.69) is 12.0 Å². The molecular formula is C16H23N3O2. The van der Waals surface area contributed by atoms with Crippen molar-refractivity contribution in [3.8, 4) is 11.5 Å². The molecule has 1 heterocycles. The first kappa shape index (κ1) is 15.4. The number of aryl methyl sites for hydroxylation is 2. The van der Waals surface area contributed by atoms with Crippen LogP contribution < -0.4 is 15.2 Å². The van der Waals surface area contributed by atoms with Crippen LogP contribution in [0, 0.1) is 6.92 Å². The Bertz CT molecular complexity index is 606. The summed E-state index contributed by atoms with van der Waals surface area (Å²) in [7, 11) is 1.64.